The molecule has 2 heteroatoms. The van der Waals surface area contributed by atoms with Crippen molar-refractivity contribution in [1.82, 2.24) is 0 Å². The Labute approximate surface area is 177 Å². The molecule has 0 spiro atoms. The molecule has 3 rings (SSSR count). The van der Waals surface area contributed by atoms with Gasteiger partial charge >= 0.3 is 0 Å². The van der Waals surface area contributed by atoms with Crippen LogP contribution in [0.2, 0.25) is 0 Å². The van der Waals surface area contributed by atoms with Gasteiger partial charge in [0.15, 0.2) is 0 Å². The predicted molar refractivity (Wildman–Crippen MR) is 121 cm³/mol. The number of hydrogen-bond donors (Lipinski definition) is 0. The Morgan fingerprint density at radius 3 is 1.41 bits per heavy atom. The molecule has 2 aromatic carbocycles. The van der Waals surface area contributed by atoms with Gasteiger partial charge in [-0.2, -0.15) is 0 Å². The van der Waals surface area contributed by atoms with Crippen molar-refractivity contribution in [1.29, 1.82) is 0 Å². The standard InChI is InChI=1S/C27H38O2/c1-3-5-7-9-11-23-14-18-25(19-15-23)27-21-28-26(20-29-27)24-16-12-22(13-17-24)10-8-6-4-2/h12-19,26-27H,3-11,20-21H2,1-2H3/t26-,27+/m0/s1. The highest BCUT2D eigenvalue weighted by Gasteiger charge is 2.24. The molecule has 0 saturated carbocycles. The van der Waals surface area contributed by atoms with Crippen LogP contribution in [0.25, 0.3) is 0 Å². The predicted octanol–water partition coefficient (Wildman–Crippen LogP) is 7.37. The SMILES string of the molecule is CCCCCCc1ccc([C@H]2CO[C@H](c3ccc(CCCCC)cc3)CO2)cc1. The quantitative estimate of drug-likeness (QED) is 0.370. The van der Waals surface area contributed by atoms with Gasteiger partial charge in [-0.05, 0) is 47.9 Å². The van der Waals surface area contributed by atoms with Crippen LogP contribution >= 0.6 is 0 Å². The first kappa shape index (κ1) is 22.1. The maximum Gasteiger partial charge on any atom is 0.106 e. The molecule has 29 heavy (non-hydrogen) atoms. The van der Waals surface area contributed by atoms with Gasteiger partial charge in [-0.25, -0.2) is 0 Å². The van der Waals surface area contributed by atoms with Gasteiger partial charge in [0.25, 0.3) is 0 Å². The molecule has 0 amide bonds. The van der Waals surface area contributed by atoms with Gasteiger partial charge in [-0.15, -0.1) is 0 Å². The number of benzene rings is 2. The van der Waals surface area contributed by atoms with Gasteiger partial charge in [-0.3, -0.25) is 0 Å². The molecule has 2 aromatic rings. The van der Waals surface area contributed by atoms with Crippen LogP contribution in [0.3, 0.4) is 0 Å². The fourth-order valence-electron chi connectivity index (χ4n) is 4.02. The summed E-state index contributed by atoms with van der Waals surface area (Å²) in [7, 11) is 0. The third kappa shape index (κ3) is 6.97. The summed E-state index contributed by atoms with van der Waals surface area (Å²) < 4.78 is 12.3. The highest BCUT2D eigenvalue weighted by atomic mass is 16.6. The third-order valence-corrected chi connectivity index (χ3v) is 5.99. The minimum atomic E-state index is 0.0497. The van der Waals surface area contributed by atoms with E-state index in [9.17, 15) is 0 Å². The average Bonchev–Trinajstić information content (AvgIpc) is 2.78. The summed E-state index contributed by atoms with van der Waals surface area (Å²) in [5.74, 6) is 0. The lowest BCUT2D eigenvalue weighted by Gasteiger charge is -2.30. The minimum absolute atomic E-state index is 0.0497. The van der Waals surface area contributed by atoms with E-state index in [0.717, 1.165) is 0 Å². The zero-order valence-corrected chi connectivity index (χ0v) is 18.4. The fourth-order valence-corrected chi connectivity index (χ4v) is 4.02. The maximum atomic E-state index is 6.17. The molecule has 1 aliphatic heterocycles. The van der Waals surface area contributed by atoms with E-state index in [-0.39, 0.29) is 12.2 Å². The molecule has 0 radical (unpaired) electrons. The zero-order chi connectivity index (χ0) is 20.3. The Bertz CT molecular complexity index is 681. The molecule has 2 atom stereocenters. The maximum absolute atomic E-state index is 6.17. The topological polar surface area (TPSA) is 18.5 Å². The largest absolute Gasteiger partial charge is 0.368 e. The second-order valence-corrected chi connectivity index (χ2v) is 8.39. The molecule has 0 unspecified atom stereocenters. The summed E-state index contributed by atoms with van der Waals surface area (Å²) in [6.07, 6.45) is 11.6. The first-order chi connectivity index (χ1) is 14.3. The number of hydrogen-bond acceptors (Lipinski definition) is 2. The van der Waals surface area contributed by atoms with Gasteiger partial charge in [0.2, 0.25) is 0 Å². The van der Waals surface area contributed by atoms with Crippen LogP contribution < -0.4 is 0 Å². The first-order valence-electron chi connectivity index (χ1n) is 11.7. The Kier molecular flexibility index (Phi) is 9.24. The molecule has 0 N–H and O–H groups in total. The second kappa shape index (κ2) is 12.1. The molecule has 1 heterocycles. The first-order valence-corrected chi connectivity index (χ1v) is 11.7. The fraction of sp³-hybridized carbons (Fsp3) is 0.556. The normalized spacial score (nSPS) is 19.4. The van der Waals surface area contributed by atoms with E-state index in [1.54, 1.807) is 0 Å². The number of unbranched alkanes of at least 4 members (excludes halogenated alkanes) is 5. The number of ether oxygens (including phenoxy) is 2. The molecule has 158 valence electrons. The smallest absolute Gasteiger partial charge is 0.106 e. The van der Waals surface area contributed by atoms with E-state index in [2.05, 4.69) is 62.4 Å². The van der Waals surface area contributed by atoms with Crippen molar-refractivity contribution in [3.63, 3.8) is 0 Å². The van der Waals surface area contributed by atoms with Gasteiger partial charge in [-0.1, -0.05) is 94.5 Å². The lowest BCUT2D eigenvalue weighted by atomic mass is 10.0. The van der Waals surface area contributed by atoms with E-state index in [0.29, 0.717) is 13.2 Å². The molecular weight excluding hydrogens is 356 g/mol. The van der Waals surface area contributed by atoms with E-state index in [1.165, 1.54) is 80.0 Å². The van der Waals surface area contributed by atoms with Gasteiger partial charge in [0.05, 0.1) is 13.2 Å². The Morgan fingerprint density at radius 2 is 1.00 bits per heavy atom. The van der Waals surface area contributed by atoms with E-state index < -0.39 is 0 Å². The van der Waals surface area contributed by atoms with Crippen LogP contribution in [0.5, 0.6) is 0 Å². The van der Waals surface area contributed by atoms with Gasteiger partial charge < -0.3 is 9.47 Å². The molecule has 2 nitrogen and oxygen atoms in total. The van der Waals surface area contributed by atoms with Crippen molar-refractivity contribution in [3.05, 3.63) is 70.8 Å². The molecule has 0 aromatic heterocycles. The number of rotatable bonds is 11. The Hall–Kier alpha value is -1.64. The third-order valence-electron chi connectivity index (χ3n) is 5.99. The molecule has 0 bridgehead atoms. The zero-order valence-electron chi connectivity index (χ0n) is 18.4. The van der Waals surface area contributed by atoms with Crippen molar-refractivity contribution in [2.75, 3.05) is 13.2 Å². The molecule has 1 aliphatic rings. The molecule has 0 aliphatic carbocycles. The summed E-state index contributed by atoms with van der Waals surface area (Å²) >= 11 is 0. The molecule has 1 fully saturated rings. The van der Waals surface area contributed by atoms with Crippen LogP contribution in [0, 0.1) is 0 Å². The van der Waals surface area contributed by atoms with E-state index in [1.807, 2.05) is 0 Å². The lowest BCUT2D eigenvalue weighted by Crippen LogP contribution is -2.25. The lowest BCUT2D eigenvalue weighted by molar-refractivity contribution is -0.137. The van der Waals surface area contributed by atoms with Crippen molar-refractivity contribution < 1.29 is 9.47 Å². The van der Waals surface area contributed by atoms with Crippen molar-refractivity contribution in [3.8, 4) is 0 Å². The van der Waals surface area contributed by atoms with E-state index >= 15 is 0 Å². The van der Waals surface area contributed by atoms with E-state index in [4.69, 9.17) is 9.47 Å². The monoisotopic (exact) mass is 394 g/mol. The highest BCUT2D eigenvalue weighted by Crippen LogP contribution is 2.30. The second-order valence-electron chi connectivity index (χ2n) is 8.39. The molecule has 1 saturated heterocycles. The van der Waals surface area contributed by atoms with Crippen LogP contribution in [-0.4, -0.2) is 13.2 Å². The number of aryl methyl sites for hydroxylation is 2. The summed E-state index contributed by atoms with van der Waals surface area (Å²) in [6, 6.07) is 17.9. The summed E-state index contributed by atoms with van der Waals surface area (Å²) in [5.41, 5.74) is 5.31. The van der Waals surface area contributed by atoms with Crippen LogP contribution in [0.15, 0.2) is 48.5 Å². The van der Waals surface area contributed by atoms with Gasteiger partial charge in [0.1, 0.15) is 12.2 Å². The minimum Gasteiger partial charge on any atom is -0.368 e. The van der Waals surface area contributed by atoms with Gasteiger partial charge in [0, 0.05) is 0 Å². The average molecular weight is 395 g/mol. The van der Waals surface area contributed by atoms with Crippen molar-refractivity contribution in [2.24, 2.45) is 0 Å². The van der Waals surface area contributed by atoms with Crippen LogP contribution in [-0.2, 0) is 22.3 Å². The summed E-state index contributed by atoms with van der Waals surface area (Å²) in [6.45, 7) is 5.76. The van der Waals surface area contributed by atoms with Crippen molar-refractivity contribution >= 4 is 0 Å². The Balaban J connectivity index is 1.45. The summed E-state index contributed by atoms with van der Waals surface area (Å²) in [5, 5.41) is 0. The van der Waals surface area contributed by atoms with Crippen LogP contribution in [0.4, 0.5) is 0 Å². The summed E-state index contributed by atoms with van der Waals surface area (Å²) in [4.78, 5) is 0. The Morgan fingerprint density at radius 1 is 0.586 bits per heavy atom. The molecular formula is C27H38O2. The van der Waals surface area contributed by atoms with Crippen molar-refractivity contribution in [2.45, 2.75) is 83.8 Å². The highest BCUT2D eigenvalue weighted by molar-refractivity contribution is 5.26. The van der Waals surface area contributed by atoms with Crippen LogP contribution in [0.1, 0.15) is 93.3 Å².